The number of carbonyl (C=O) groups is 1. The van der Waals surface area contributed by atoms with E-state index in [9.17, 15) is 4.79 Å². The molecule has 0 aromatic carbocycles. The third-order valence-corrected chi connectivity index (χ3v) is 1.82. The number of ether oxygens (including phenoxy) is 3. The van der Waals surface area contributed by atoms with Gasteiger partial charge in [-0.3, -0.25) is 0 Å². The lowest BCUT2D eigenvalue weighted by Gasteiger charge is -2.21. The van der Waals surface area contributed by atoms with Crippen molar-refractivity contribution in [1.82, 2.24) is 0 Å². The quantitative estimate of drug-likeness (QED) is 0.629. The molecule has 1 fully saturated rings. The van der Waals surface area contributed by atoms with Crippen molar-refractivity contribution in [2.75, 3.05) is 26.4 Å². The van der Waals surface area contributed by atoms with E-state index in [0.29, 0.717) is 26.2 Å². The van der Waals surface area contributed by atoms with E-state index in [1.54, 1.807) is 0 Å². The Morgan fingerprint density at radius 3 is 2.69 bits per heavy atom. The molecule has 1 saturated heterocycles. The summed E-state index contributed by atoms with van der Waals surface area (Å²) in [6.45, 7) is 3.08. The zero-order chi connectivity index (χ0) is 9.73. The van der Waals surface area contributed by atoms with Crippen molar-refractivity contribution in [1.29, 1.82) is 0 Å². The maximum Gasteiger partial charge on any atom is 0.329 e. The summed E-state index contributed by atoms with van der Waals surface area (Å²) in [5, 5.41) is 8.28. The van der Waals surface area contributed by atoms with Crippen LogP contribution in [0.2, 0.25) is 0 Å². The summed E-state index contributed by atoms with van der Waals surface area (Å²) in [4.78, 5) is 10.1. The third kappa shape index (κ3) is 3.71. The van der Waals surface area contributed by atoms with Crippen LogP contribution in [-0.2, 0) is 19.0 Å². The lowest BCUT2D eigenvalue weighted by atomic mass is 10.2. The molecule has 5 nitrogen and oxygen atoms in total. The number of hydrogen-bond acceptors (Lipinski definition) is 4. The van der Waals surface area contributed by atoms with Gasteiger partial charge in [-0.2, -0.15) is 0 Å². The monoisotopic (exact) mass is 190 g/mol. The van der Waals surface area contributed by atoms with Gasteiger partial charge in [0, 0.05) is 6.42 Å². The molecule has 0 atom stereocenters. The zero-order valence-electron chi connectivity index (χ0n) is 7.62. The molecule has 0 aromatic heterocycles. The summed E-state index contributed by atoms with van der Waals surface area (Å²) < 4.78 is 15.5. The zero-order valence-corrected chi connectivity index (χ0v) is 7.62. The van der Waals surface area contributed by atoms with Crippen LogP contribution in [0.4, 0.5) is 0 Å². The van der Waals surface area contributed by atoms with Gasteiger partial charge < -0.3 is 19.3 Å². The second kappa shape index (κ2) is 4.55. The number of rotatable bonds is 5. The highest BCUT2D eigenvalue weighted by Gasteiger charge is 2.30. The Hall–Kier alpha value is -0.650. The van der Waals surface area contributed by atoms with Gasteiger partial charge in [-0.05, 0) is 6.92 Å². The fourth-order valence-electron chi connectivity index (χ4n) is 1.12. The molecule has 1 rings (SSSR count). The van der Waals surface area contributed by atoms with Crippen LogP contribution >= 0.6 is 0 Å². The second-order valence-electron chi connectivity index (χ2n) is 3.03. The third-order valence-electron chi connectivity index (χ3n) is 1.82. The van der Waals surface area contributed by atoms with E-state index in [2.05, 4.69) is 0 Å². The first kappa shape index (κ1) is 10.4. The van der Waals surface area contributed by atoms with Gasteiger partial charge >= 0.3 is 5.97 Å². The van der Waals surface area contributed by atoms with Crippen molar-refractivity contribution in [3.63, 3.8) is 0 Å². The van der Waals surface area contributed by atoms with E-state index in [1.165, 1.54) is 0 Å². The first-order chi connectivity index (χ1) is 6.12. The highest BCUT2D eigenvalue weighted by molar-refractivity contribution is 5.67. The van der Waals surface area contributed by atoms with Gasteiger partial charge in [0.1, 0.15) is 6.61 Å². The summed E-state index contributed by atoms with van der Waals surface area (Å²) in [5.74, 6) is -1.54. The molecule has 0 aromatic rings. The van der Waals surface area contributed by atoms with Crippen molar-refractivity contribution in [3.8, 4) is 0 Å². The first-order valence-corrected chi connectivity index (χ1v) is 4.20. The number of hydrogen-bond donors (Lipinski definition) is 1. The SMILES string of the molecule is CC1(CCOCC(=O)O)OCCO1. The average molecular weight is 190 g/mol. The van der Waals surface area contributed by atoms with Crippen molar-refractivity contribution >= 4 is 5.97 Å². The van der Waals surface area contributed by atoms with Crippen LogP contribution in [0.15, 0.2) is 0 Å². The highest BCUT2D eigenvalue weighted by Crippen LogP contribution is 2.21. The maximum atomic E-state index is 10.1. The van der Waals surface area contributed by atoms with Crippen LogP contribution in [0.1, 0.15) is 13.3 Å². The molecule has 1 N–H and O–H groups in total. The fourth-order valence-corrected chi connectivity index (χ4v) is 1.12. The molecule has 0 aliphatic carbocycles. The van der Waals surface area contributed by atoms with Crippen LogP contribution in [0, 0.1) is 0 Å². The molecule has 76 valence electrons. The average Bonchev–Trinajstić information content (AvgIpc) is 2.47. The molecule has 0 amide bonds. The Bertz CT molecular complexity index is 173. The highest BCUT2D eigenvalue weighted by atomic mass is 16.7. The maximum absolute atomic E-state index is 10.1. The fraction of sp³-hybridized carbons (Fsp3) is 0.875. The van der Waals surface area contributed by atoms with Gasteiger partial charge in [0.15, 0.2) is 5.79 Å². The van der Waals surface area contributed by atoms with Gasteiger partial charge in [-0.25, -0.2) is 4.79 Å². The molecule has 0 radical (unpaired) electrons. The van der Waals surface area contributed by atoms with Crippen molar-refractivity contribution in [2.45, 2.75) is 19.1 Å². The Morgan fingerprint density at radius 2 is 2.15 bits per heavy atom. The molecule has 0 unspecified atom stereocenters. The number of aliphatic carboxylic acids is 1. The Morgan fingerprint density at radius 1 is 1.54 bits per heavy atom. The molecule has 0 spiro atoms. The van der Waals surface area contributed by atoms with Crippen LogP contribution in [0.3, 0.4) is 0 Å². The van der Waals surface area contributed by atoms with Gasteiger partial charge in [-0.15, -0.1) is 0 Å². The Kier molecular flexibility index (Phi) is 3.65. The smallest absolute Gasteiger partial charge is 0.329 e. The molecular weight excluding hydrogens is 176 g/mol. The van der Waals surface area contributed by atoms with E-state index >= 15 is 0 Å². The lowest BCUT2D eigenvalue weighted by molar-refractivity contribution is -0.160. The van der Waals surface area contributed by atoms with Crippen LogP contribution in [-0.4, -0.2) is 43.3 Å². The Labute approximate surface area is 76.6 Å². The van der Waals surface area contributed by atoms with Gasteiger partial charge in [0.2, 0.25) is 0 Å². The van der Waals surface area contributed by atoms with Gasteiger partial charge in [0.25, 0.3) is 0 Å². The summed E-state index contributed by atoms with van der Waals surface area (Å²) in [7, 11) is 0. The van der Waals surface area contributed by atoms with Crippen LogP contribution < -0.4 is 0 Å². The molecule has 1 heterocycles. The molecule has 0 bridgehead atoms. The van der Waals surface area contributed by atoms with Crippen molar-refractivity contribution in [3.05, 3.63) is 0 Å². The van der Waals surface area contributed by atoms with E-state index in [4.69, 9.17) is 19.3 Å². The summed E-state index contributed by atoms with van der Waals surface area (Å²) >= 11 is 0. The number of carboxylic acid groups (broad SMARTS) is 1. The topological polar surface area (TPSA) is 65.0 Å². The Balaban J connectivity index is 2.07. The largest absolute Gasteiger partial charge is 0.480 e. The minimum atomic E-state index is -0.960. The van der Waals surface area contributed by atoms with Gasteiger partial charge in [-0.1, -0.05) is 0 Å². The molecule has 5 heteroatoms. The minimum Gasteiger partial charge on any atom is -0.480 e. The molecule has 13 heavy (non-hydrogen) atoms. The predicted octanol–water partition coefficient (Wildman–Crippen LogP) is 0.241. The van der Waals surface area contributed by atoms with Gasteiger partial charge in [0.05, 0.1) is 19.8 Å². The normalized spacial score (nSPS) is 20.4. The summed E-state index contributed by atoms with van der Waals surface area (Å²) in [6.07, 6.45) is 0.556. The van der Waals surface area contributed by atoms with E-state index < -0.39 is 11.8 Å². The lowest BCUT2D eigenvalue weighted by Crippen LogP contribution is -2.27. The summed E-state index contributed by atoms with van der Waals surface area (Å²) in [6, 6.07) is 0. The predicted molar refractivity (Wildman–Crippen MR) is 43.4 cm³/mol. The van der Waals surface area contributed by atoms with Crippen molar-refractivity contribution < 1.29 is 24.1 Å². The minimum absolute atomic E-state index is 0.268. The van der Waals surface area contributed by atoms with E-state index in [1.807, 2.05) is 6.92 Å². The van der Waals surface area contributed by atoms with E-state index in [0.717, 1.165) is 0 Å². The first-order valence-electron chi connectivity index (χ1n) is 4.20. The van der Waals surface area contributed by atoms with E-state index in [-0.39, 0.29) is 6.61 Å². The second-order valence-corrected chi connectivity index (χ2v) is 3.03. The van der Waals surface area contributed by atoms with Crippen LogP contribution in [0.25, 0.3) is 0 Å². The molecule has 1 aliphatic rings. The molecule has 0 saturated carbocycles. The molecular formula is C8H14O5. The van der Waals surface area contributed by atoms with Crippen molar-refractivity contribution in [2.24, 2.45) is 0 Å². The molecule has 1 aliphatic heterocycles. The van der Waals surface area contributed by atoms with Crippen LogP contribution in [0.5, 0.6) is 0 Å². The standard InChI is InChI=1S/C8H14O5/c1-8(12-4-5-13-8)2-3-11-6-7(9)10/h2-6H2,1H3,(H,9,10). The summed E-state index contributed by atoms with van der Waals surface area (Å²) in [5.41, 5.74) is 0. The number of carboxylic acids is 1.